The second kappa shape index (κ2) is 7.24. The second-order valence-corrected chi connectivity index (χ2v) is 5.00. The molecule has 1 heterocycles. The Labute approximate surface area is 95.2 Å². The molecule has 1 saturated heterocycles. The molecule has 15 heavy (non-hydrogen) atoms. The van der Waals surface area contributed by atoms with Crippen LogP contribution in [0.25, 0.3) is 0 Å². The normalized spacial score (nSPS) is 20.0. The van der Waals surface area contributed by atoms with Crippen LogP contribution < -0.4 is 5.73 Å². The molecule has 0 aromatic carbocycles. The topological polar surface area (TPSA) is 29.3 Å². The maximum atomic E-state index is 5.60. The van der Waals surface area contributed by atoms with E-state index < -0.39 is 0 Å². The minimum absolute atomic E-state index is 0.872. The zero-order valence-electron chi connectivity index (χ0n) is 10.5. The first kappa shape index (κ1) is 13.0. The van der Waals surface area contributed by atoms with E-state index in [1.807, 2.05) is 0 Å². The molecule has 0 radical (unpaired) electrons. The molecule has 2 heteroatoms. The van der Waals surface area contributed by atoms with Gasteiger partial charge >= 0.3 is 0 Å². The lowest BCUT2D eigenvalue weighted by molar-refractivity contribution is 0.154. The minimum Gasteiger partial charge on any atom is -0.330 e. The van der Waals surface area contributed by atoms with Crippen LogP contribution in [-0.2, 0) is 0 Å². The number of nitrogens with two attached hydrogens (primary N) is 1. The number of nitrogens with zero attached hydrogens (tertiary/aromatic N) is 1. The van der Waals surface area contributed by atoms with Crippen molar-refractivity contribution in [1.82, 2.24) is 4.90 Å². The smallest absolute Gasteiger partial charge is 0.000946 e. The molecule has 1 fully saturated rings. The average molecular weight is 212 g/mol. The van der Waals surface area contributed by atoms with Crippen LogP contribution in [0.5, 0.6) is 0 Å². The van der Waals surface area contributed by atoms with Crippen molar-refractivity contribution in [2.75, 3.05) is 26.2 Å². The van der Waals surface area contributed by atoms with Gasteiger partial charge in [0.2, 0.25) is 0 Å². The molecule has 0 aromatic rings. The summed E-state index contributed by atoms with van der Waals surface area (Å²) in [6, 6.07) is 0. The first-order chi connectivity index (χ1) is 7.30. The van der Waals surface area contributed by atoms with Crippen LogP contribution in [-0.4, -0.2) is 31.1 Å². The molecule has 0 saturated carbocycles. The zero-order valence-corrected chi connectivity index (χ0v) is 10.5. The van der Waals surface area contributed by atoms with Gasteiger partial charge in [-0.2, -0.15) is 0 Å². The fraction of sp³-hybridized carbons (Fsp3) is 1.00. The maximum Gasteiger partial charge on any atom is 0.000946 e. The van der Waals surface area contributed by atoms with Crippen molar-refractivity contribution in [3.05, 3.63) is 0 Å². The molecule has 2 N–H and O–H groups in total. The molecular weight excluding hydrogens is 184 g/mol. The fourth-order valence-electron chi connectivity index (χ4n) is 2.61. The maximum absolute atomic E-state index is 5.60. The third kappa shape index (κ3) is 4.52. The number of rotatable bonds is 6. The largest absolute Gasteiger partial charge is 0.330 e. The summed E-state index contributed by atoms with van der Waals surface area (Å²) >= 11 is 0. The molecule has 1 rings (SSSR count). The van der Waals surface area contributed by atoms with Gasteiger partial charge in [0, 0.05) is 6.54 Å². The van der Waals surface area contributed by atoms with Gasteiger partial charge in [-0.3, -0.25) is 0 Å². The van der Waals surface area contributed by atoms with Crippen LogP contribution in [0.1, 0.15) is 46.0 Å². The average Bonchev–Trinajstić information content (AvgIpc) is 2.28. The van der Waals surface area contributed by atoms with E-state index in [9.17, 15) is 0 Å². The van der Waals surface area contributed by atoms with Gasteiger partial charge in [-0.1, -0.05) is 26.7 Å². The summed E-state index contributed by atoms with van der Waals surface area (Å²) in [7, 11) is 0. The Balaban J connectivity index is 2.19. The summed E-state index contributed by atoms with van der Waals surface area (Å²) in [4.78, 5) is 2.66. The third-order valence-corrected chi connectivity index (χ3v) is 3.95. The van der Waals surface area contributed by atoms with E-state index in [1.54, 1.807) is 0 Å². The van der Waals surface area contributed by atoms with Gasteiger partial charge in [0.05, 0.1) is 0 Å². The van der Waals surface area contributed by atoms with Gasteiger partial charge in [-0.25, -0.2) is 0 Å². The highest BCUT2D eigenvalue weighted by Crippen LogP contribution is 2.21. The minimum atomic E-state index is 0.872. The number of hydrogen-bond donors (Lipinski definition) is 1. The van der Waals surface area contributed by atoms with E-state index in [4.69, 9.17) is 5.73 Å². The first-order valence-electron chi connectivity index (χ1n) is 6.72. The number of hydrogen-bond acceptors (Lipinski definition) is 2. The molecule has 1 aliphatic heterocycles. The zero-order chi connectivity index (χ0) is 11.1. The molecule has 0 atom stereocenters. The van der Waals surface area contributed by atoms with Crippen molar-refractivity contribution < 1.29 is 0 Å². The summed E-state index contributed by atoms with van der Waals surface area (Å²) in [6.45, 7) is 9.44. The Morgan fingerprint density at radius 1 is 1.20 bits per heavy atom. The van der Waals surface area contributed by atoms with Crippen molar-refractivity contribution in [2.45, 2.75) is 46.0 Å². The lowest BCUT2D eigenvalue weighted by Crippen LogP contribution is -2.37. The third-order valence-electron chi connectivity index (χ3n) is 3.95. The Kier molecular flexibility index (Phi) is 6.26. The lowest BCUT2D eigenvalue weighted by Gasteiger charge is -2.33. The summed E-state index contributed by atoms with van der Waals surface area (Å²) in [6.07, 6.45) is 6.64. The first-order valence-corrected chi connectivity index (χ1v) is 6.72. The monoisotopic (exact) mass is 212 g/mol. The molecule has 0 aromatic heterocycles. The molecule has 0 unspecified atom stereocenters. The molecule has 2 nitrogen and oxygen atoms in total. The van der Waals surface area contributed by atoms with Crippen LogP contribution in [0.15, 0.2) is 0 Å². The van der Waals surface area contributed by atoms with E-state index in [-0.39, 0.29) is 0 Å². The van der Waals surface area contributed by atoms with E-state index in [0.717, 1.165) is 18.4 Å². The highest BCUT2D eigenvalue weighted by atomic mass is 15.1. The molecular formula is C13H28N2. The predicted molar refractivity (Wildman–Crippen MR) is 66.9 cm³/mol. The van der Waals surface area contributed by atoms with Gasteiger partial charge in [0.1, 0.15) is 0 Å². The van der Waals surface area contributed by atoms with Crippen LogP contribution in [0.2, 0.25) is 0 Å². The predicted octanol–water partition coefficient (Wildman–Crippen LogP) is 2.48. The summed E-state index contributed by atoms with van der Waals surface area (Å²) in [5, 5.41) is 0. The van der Waals surface area contributed by atoms with Crippen LogP contribution >= 0.6 is 0 Å². The van der Waals surface area contributed by atoms with Crippen LogP contribution in [0.3, 0.4) is 0 Å². The van der Waals surface area contributed by atoms with Crippen molar-refractivity contribution >= 4 is 0 Å². The molecule has 0 amide bonds. The van der Waals surface area contributed by atoms with Crippen molar-refractivity contribution in [3.63, 3.8) is 0 Å². The quantitative estimate of drug-likeness (QED) is 0.733. The van der Waals surface area contributed by atoms with Gasteiger partial charge < -0.3 is 10.6 Å². The van der Waals surface area contributed by atoms with E-state index >= 15 is 0 Å². The molecule has 90 valence electrons. The van der Waals surface area contributed by atoms with Gasteiger partial charge in [-0.05, 0) is 50.7 Å². The standard InChI is InChI=1S/C13H28N2/c1-3-12(4-2)11-15-9-6-13(5-8-14)7-10-15/h12-13H,3-11,14H2,1-2H3. The Hall–Kier alpha value is -0.0800. The summed E-state index contributed by atoms with van der Waals surface area (Å²) < 4.78 is 0. The van der Waals surface area contributed by atoms with Gasteiger partial charge in [-0.15, -0.1) is 0 Å². The highest BCUT2D eigenvalue weighted by molar-refractivity contribution is 4.74. The molecule has 0 spiro atoms. The Morgan fingerprint density at radius 2 is 1.80 bits per heavy atom. The SMILES string of the molecule is CCC(CC)CN1CCC(CCN)CC1. The van der Waals surface area contributed by atoms with Crippen molar-refractivity contribution in [3.8, 4) is 0 Å². The highest BCUT2D eigenvalue weighted by Gasteiger charge is 2.19. The molecule has 0 aliphatic carbocycles. The fourth-order valence-corrected chi connectivity index (χ4v) is 2.61. The van der Waals surface area contributed by atoms with E-state index in [1.165, 1.54) is 51.7 Å². The second-order valence-electron chi connectivity index (χ2n) is 5.00. The van der Waals surface area contributed by atoms with Crippen molar-refractivity contribution in [2.24, 2.45) is 17.6 Å². The van der Waals surface area contributed by atoms with Crippen LogP contribution in [0, 0.1) is 11.8 Å². The van der Waals surface area contributed by atoms with E-state index in [0.29, 0.717) is 0 Å². The molecule has 1 aliphatic rings. The Morgan fingerprint density at radius 3 is 2.27 bits per heavy atom. The molecule has 0 bridgehead atoms. The number of likely N-dealkylation sites (tertiary alicyclic amines) is 1. The van der Waals surface area contributed by atoms with Gasteiger partial charge in [0.25, 0.3) is 0 Å². The summed E-state index contributed by atoms with van der Waals surface area (Å²) in [5.41, 5.74) is 5.60. The lowest BCUT2D eigenvalue weighted by atomic mass is 9.92. The Bertz CT molecular complexity index is 147. The van der Waals surface area contributed by atoms with Crippen molar-refractivity contribution in [1.29, 1.82) is 0 Å². The number of piperidine rings is 1. The van der Waals surface area contributed by atoms with Gasteiger partial charge in [0.15, 0.2) is 0 Å². The summed E-state index contributed by atoms with van der Waals surface area (Å²) in [5.74, 6) is 1.82. The van der Waals surface area contributed by atoms with E-state index in [2.05, 4.69) is 18.7 Å². The van der Waals surface area contributed by atoms with Crippen LogP contribution in [0.4, 0.5) is 0 Å².